The summed E-state index contributed by atoms with van der Waals surface area (Å²) < 4.78 is 4.95. The van der Waals surface area contributed by atoms with Crippen molar-refractivity contribution in [1.82, 2.24) is 0 Å². The summed E-state index contributed by atoms with van der Waals surface area (Å²) in [5.74, 6) is 0. The third-order valence-electron chi connectivity index (χ3n) is 1.71. The van der Waals surface area contributed by atoms with Gasteiger partial charge in [0.25, 0.3) is 0 Å². The number of hydrogen-bond donors (Lipinski definition) is 2. The zero-order chi connectivity index (χ0) is 9.45. The summed E-state index contributed by atoms with van der Waals surface area (Å²) in [5, 5.41) is 0. The molecule has 12 heavy (non-hydrogen) atoms. The van der Waals surface area contributed by atoms with Gasteiger partial charge in [-0.25, -0.2) is 0 Å². The summed E-state index contributed by atoms with van der Waals surface area (Å²) in [6.07, 6.45) is 4.74. The average molecular weight is 195 g/mol. The fourth-order valence-electron chi connectivity index (χ4n) is 0.831. The number of unbranched alkanes of at least 4 members (excludes halogenated alkanes) is 3. The number of hydrogen-bond acceptors (Lipinski definition) is 3. The third kappa shape index (κ3) is 6.99. The lowest BCUT2D eigenvalue weighted by molar-refractivity contribution is 0.225. The number of rotatable bonds is 7. The van der Waals surface area contributed by atoms with Crippen LogP contribution >= 0.6 is 7.94 Å². The Kier molecular flexibility index (Phi) is 6.96. The molecule has 0 aliphatic rings. The van der Waals surface area contributed by atoms with Gasteiger partial charge in [0.2, 0.25) is 0 Å². The molecule has 0 spiro atoms. The highest BCUT2D eigenvalue weighted by atomic mass is 31.2. The van der Waals surface area contributed by atoms with Crippen LogP contribution in [0.4, 0.5) is 0 Å². The maximum Gasteiger partial charge on any atom is 0.405 e. The van der Waals surface area contributed by atoms with E-state index in [0.717, 1.165) is 12.8 Å². The second-order valence-electron chi connectivity index (χ2n) is 2.87. The Morgan fingerprint density at radius 3 is 2.25 bits per heavy atom. The van der Waals surface area contributed by atoms with Gasteiger partial charge in [-0.1, -0.05) is 26.2 Å². The van der Waals surface area contributed by atoms with Crippen LogP contribution in [-0.4, -0.2) is 22.6 Å². The van der Waals surface area contributed by atoms with Crippen LogP contribution in [-0.2, 0) is 4.52 Å². The van der Waals surface area contributed by atoms with Crippen molar-refractivity contribution in [3.8, 4) is 0 Å². The summed E-state index contributed by atoms with van der Waals surface area (Å²) in [7, 11) is -2.97. The first kappa shape index (κ1) is 12.3. The molecule has 0 saturated heterocycles. The lowest BCUT2D eigenvalue weighted by atomic mass is 10.2. The van der Waals surface area contributed by atoms with Gasteiger partial charge in [0.1, 0.15) is 6.16 Å². The molecule has 0 aromatic rings. The van der Waals surface area contributed by atoms with E-state index in [1.807, 2.05) is 0 Å². The van der Waals surface area contributed by atoms with Crippen molar-refractivity contribution in [3.05, 3.63) is 0 Å². The van der Waals surface area contributed by atoms with Gasteiger partial charge in [-0.05, 0) is 13.3 Å². The minimum atomic E-state index is -2.97. The monoisotopic (exact) mass is 195 g/mol. The Balaban J connectivity index is 3.19. The van der Waals surface area contributed by atoms with E-state index in [0.29, 0.717) is 12.8 Å². The van der Waals surface area contributed by atoms with Gasteiger partial charge in [0.05, 0.1) is 6.61 Å². The molecule has 0 aliphatic heterocycles. The maximum atomic E-state index is 9.12. The van der Waals surface area contributed by atoms with Crippen molar-refractivity contribution in [1.29, 1.82) is 0 Å². The van der Waals surface area contributed by atoms with Crippen LogP contribution < -0.4 is 0 Å². The summed E-state index contributed by atoms with van der Waals surface area (Å²) in [6.45, 7) is 4.34. The normalized spacial score (nSPS) is 12.0. The van der Waals surface area contributed by atoms with E-state index in [9.17, 15) is 0 Å². The Bertz CT molecular complexity index is 106. The minimum Gasteiger partial charge on any atom is -0.193 e. The first-order valence-electron chi connectivity index (χ1n) is 4.60. The molecule has 0 atom stereocenters. The van der Waals surface area contributed by atoms with Crippen LogP contribution in [0.3, 0.4) is 0 Å². The molecule has 0 bridgehead atoms. The SMILES string of the molecule is CCCCCCO[P+](O)(O)CC. The zero-order valence-electron chi connectivity index (χ0n) is 7.99. The van der Waals surface area contributed by atoms with E-state index >= 15 is 0 Å². The van der Waals surface area contributed by atoms with Crippen molar-refractivity contribution in [2.45, 2.75) is 39.5 Å². The topological polar surface area (TPSA) is 49.7 Å². The molecule has 0 unspecified atom stereocenters. The second-order valence-corrected chi connectivity index (χ2v) is 5.09. The summed E-state index contributed by atoms with van der Waals surface area (Å²) >= 11 is 0. The molecule has 4 heteroatoms. The Morgan fingerprint density at radius 2 is 1.75 bits per heavy atom. The molecule has 0 aromatic heterocycles. The van der Waals surface area contributed by atoms with Crippen LogP contribution in [0, 0.1) is 0 Å². The van der Waals surface area contributed by atoms with Crippen LogP contribution in [0.5, 0.6) is 0 Å². The lowest BCUT2D eigenvalue weighted by Crippen LogP contribution is -2.00. The highest BCUT2D eigenvalue weighted by Gasteiger charge is 2.31. The van der Waals surface area contributed by atoms with Crippen molar-refractivity contribution in [2.75, 3.05) is 12.8 Å². The second kappa shape index (κ2) is 6.79. The van der Waals surface area contributed by atoms with Gasteiger partial charge in [-0.15, -0.1) is 0 Å². The highest BCUT2D eigenvalue weighted by Crippen LogP contribution is 2.50. The molecule has 0 amide bonds. The molecular weight excluding hydrogens is 175 g/mol. The van der Waals surface area contributed by atoms with E-state index in [-0.39, 0.29) is 0 Å². The van der Waals surface area contributed by atoms with Crippen LogP contribution in [0.25, 0.3) is 0 Å². The standard InChI is InChI=1S/C8H20O3P/c1-3-5-6-7-8-11-12(9,10)4-2/h9-10H,3-8H2,1-2H3/q+1. The van der Waals surface area contributed by atoms with Gasteiger partial charge < -0.3 is 0 Å². The summed E-state index contributed by atoms with van der Waals surface area (Å²) in [6, 6.07) is 0. The molecule has 0 fully saturated rings. The van der Waals surface area contributed by atoms with Crippen LogP contribution in [0.1, 0.15) is 39.5 Å². The fourth-order valence-corrected chi connectivity index (χ4v) is 1.43. The fraction of sp³-hybridized carbons (Fsp3) is 1.00. The predicted molar refractivity (Wildman–Crippen MR) is 52.0 cm³/mol. The summed E-state index contributed by atoms with van der Waals surface area (Å²) in [4.78, 5) is 18.2. The molecule has 2 N–H and O–H groups in total. The minimum absolute atomic E-state index is 0.320. The van der Waals surface area contributed by atoms with E-state index in [1.54, 1.807) is 6.92 Å². The molecule has 0 heterocycles. The smallest absolute Gasteiger partial charge is 0.193 e. The Labute approximate surface area is 75.3 Å². The van der Waals surface area contributed by atoms with Gasteiger partial charge in [0.15, 0.2) is 0 Å². The first-order chi connectivity index (χ1) is 5.62. The maximum absolute atomic E-state index is 9.12. The Morgan fingerprint density at radius 1 is 1.08 bits per heavy atom. The van der Waals surface area contributed by atoms with E-state index in [4.69, 9.17) is 14.3 Å². The average Bonchev–Trinajstić information content (AvgIpc) is 2.04. The van der Waals surface area contributed by atoms with Crippen LogP contribution in [0.15, 0.2) is 0 Å². The van der Waals surface area contributed by atoms with Crippen molar-refractivity contribution in [3.63, 3.8) is 0 Å². The first-order valence-corrected chi connectivity index (χ1v) is 6.40. The van der Waals surface area contributed by atoms with Crippen molar-refractivity contribution >= 4 is 7.94 Å². The van der Waals surface area contributed by atoms with Crippen LogP contribution in [0.2, 0.25) is 0 Å². The van der Waals surface area contributed by atoms with Gasteiger partial charge in [-0.2, -0.15) is 14.3 Å². The van der Waals surface area contributed by atoms with Crippen molar-refractivity contribution < 1.29 is 14.3 Å². The lowest BCUT2D eigenvalue weighted by Gasteiger charge is -2.08. The highest BCUT2D eigenvalue weighted by molar-refractivity contribution is 7.59. The van der Waals surface area contributed by atoms with Gasteiger partial charge in [0, 0.05) is 0 Å². The Hall–Kier alpha value is 0.310. The quantitative estimate of drug-likeness (QED) is 0.484. The van der Waals surface area contributed by atoms with Gasteiger partial charge in [-0.3, -0.25) is 0 Å². The molecular formula is C8H20O3P+. The largest absolute Gasteiger partial charge is 0.405 e. The molecule has 0 aliphatic carbocycles. The summed E-state index contributed by atoms with van der Waals surface area (Å²) in [5.41, 5.74) is 0. The zero-order valence-corrected chi connectivity index (χ0v) is 8.89. The van der Waals surface area contributed by atoms with Gasteiger partial charge >= 0.3 is 7.94 Å². The molecule has 3 nitrogen and oxygen atoms in total. The molecule has 74 valence electrons. The van der Waals surface area contributed by atoms with E-state index in [1.165, 1.54) is 12.8 Å². The molecule has 0 rings (SSSR count). The molecule has 0 aromatic carbocycles. The van der Waals surface area contributed by atoms with Crippen molar-refractivity contribution in [2.24, 2.45) is 0 Å². The van der Waals surface area contributed by atoms with E-state index in [2.05, 4.69) is 6.92 Å². The van der Waals surface area contributed by atoms with E-state index < -0.39 is 7.94 Å². The third-order valence-corrected chi connectivity index (χ3v) is 3.13. The molecule has 0 radical (unpaired) electrons. The predicted octanol–water partition coefficient (Wildman–Crippen LogP) is 2.35. The molecule has 0 saturated carbocycles.